The Hall–Kier alpha value is -3.47. The predicted molar refractivity (Wildman–Crippen MR) is 124 cm³/mol. The summed E-state index contributed by atoms with van der Waals surface area (Å²) >= 11 is 0. The Kier molecular flexibility index (Phi) is 8.80. The van der Waals surface area contributed by atoms with Crippen LogP contribution in [0.25, 0.3) is 0 Å². The second-order valence-corrected chi connectivity index (χ2v) is 9.01. The molecule has 2 heterocycles. The van der Waals surface area contributed by atoms with E-state index in [4.69, 9.17) is 10.8 Å². The second kappa shape index (κ2) is 11.8. The third-order valence-corrected chi connectivity index (χ3v) is 6.54. The zero-order valence-electron chi connectivity index (χ0n) is 19.5. The van der Waals surface area contributed by atoms with Crippen molar-refractivity contribution < 1.29 is 34.2 Å². The smallest absolute Gasteiger partial charge is 0.326 e. The van der Waals surface area contributed by atoms with Gasteiger partial charge in [0.2, 0.25) is 17.7 Å². The van der Waals surface area contributed by atoms with Crippen molar-refractivity contribution in [1.82, 2.24) is 15.1 Å². The van der Waals surface area contributed by atoms with Crippen molar-refractivity contribution >= 4 is 29.7 Å². The van der Waals surface area contributed by atoms with Gasteiger partial charge in [-0.15, -0.1) is 0 Å². The standard InChI is InChI=1S/C24H32N4O7/c25-16(14-15-6-2-1-3-7-15)22(32)27-12-4-8-18(27)21(31)26-17(10-11-20(29)30)23(33)28-13-5-9-19(28)24(34)35/h1-3,6-7,16-19H,4-5,8-14,25H2,(H,26,31)(H,29,30)(H,34,35). The molecule has 2 fully saturated rings. The van der Waals surface area contributed by atoms with Crippen molar-refractivity contribution in [2.24, 2.45) is 5.73 Å². The van der Waals surface area contributed by atoms with E-state index in [0.717, 1.165) is 5.56 Å². The SMILES string of the molecule is NC(Cc1ccccc1)C(=O)N1CCCC1C(=O)NC(CCC(=O)O)C(=O)N1CCCC1C(=O)O. The van der Waals surface area contributed by atoms with Crippen LogP contribution in [-0.4, -0.2) is 86.9 Å². The van der Waals surface area contributed by atoms with Gasteiger partial charge in [0.25, 0.3) is 0 Å². The third-order valence-electron chi connectivity index (χ3n) is 6.54. The van der Waals surface area contributed by atoms with Gasteiger partial charge < -0.3 is 31.1 Å². The summed E-state index contributed by atoms with van der Waals surface area (Å²) in [5.41, 5.74) is 7.04. The van der Waals surface area contributed by atoms with Crippen LogP contribution in [0.4, 0.5) is 0 Å². The summed E-state index contributed by atoms with van der Waals surface area (Å²) in [6.07, 6.45) is 1.53. The van der Waals surface area contributed by atoms with Crippen LogP contribution < -0.4 is 11.1 Å². The molecule has 11 heteroatoms. The first-order valence-electron chi connectivity index (χ1n) is 11.8. The first kappa shape index (κ1) is 26.1. The Morgan fingerprint density at radius 2 is 1.54 bits per heavy atom. The first-order valence-corrected chi connectivity index (χ1v) is 11.8. The summed E-state index contributed by atoms with van der Waals surface area (Å²) in [5.74, 6) is -3.85. The lowest BCUT2D eigenvalue weighted by Gasteiger charge is -2.30. The molecule has 11 nitrogen and oxygen atoms in total. The van der Waals surface area contributed by atoms with Gasteiger partial charge in [-0.1, -0.05) is 30.3 Å². The van der Waals surface area contributed by atoms with Crippen LogP contribution in [0.1, 0.15) is 44.1 Å². The summed E-state index contributed by atoms with van der Waals surface area (Å²) in [7, 11) is 0. The lowest BCUT2D eigenvalue weighted by Crippen LogP contribution is -2.56. The Morgan fingerprint density at radius 3 is 2.14 bits per heavy atom. The number of nitrogens with two attached hydrogens (primary N) is 1. The fourth-order valence-corrected chi connectivity index (χ4v) is 4.75. The van der Waals surface area contributed by atoms with E-state index in [9.17, 15) is 29.1 Å². The highest BCUT2D eigenvalue weighted by atomic mass is 16.4. The van der Waals surface area contributed by atoms with Crippen molar-refractivity contribution in [2.45, 2.75) is 69.1 Å². The minimum Gasteiger partial charge on any atom is -0.481 e. The minimum absolute atomic E-state index is 0.184. The van der Waals surface area contributed by atoms with E-state index in [2.05, 4.69) is 5.32 Å². The molecule has 2 aliphatic rings. The molecule has 2 aliphatic heterocycles. The molecule has 0 saturated carbocycles. The third kappa shape index (κ3) is 6.56. The zero-order valence-corrected chi connectivity index (χ0v) is 19.5. The van der Waals surface area contributed by atoms with Gasteiger partial charge in [-0.05, 0) is 44.1 Å². The first-order chi connectivity index (χ1) is 16.7. The number of carbonyl (C=O) groups excluding carboxylic acids is 3. The Balaban J connectivity index is 1.69. The molecule has 190 valence electrons. The quantitative estimate of drug-likeness (QED) is 0.356. The fraction of sp³-hybridized carbons (Fsp3) is 0.542. The van der Waals surface area contributed by atoms with Gasteiger partial charge in [-0.25, -0.2) is 4.79 Å². The van der Waals surface area contributed by atoms with Crippen LogP contribution in [0.5, 0.6) is 0 Å². The molecule has 0 bridgehead atoms. The molecular formula is C24H32N4O7. The molecule has 0 aliphatic carbocycles. The van der Waals surface area contributed by atoms with Crippen molar-refractivity contribution in [1.29, 1.82) is 0 Å². The van der Waals surface area contributed by atoms with Crippen LogP contribution >= 0.6 is 0 Å². The number of carboxylic acids is 2. The van der Waals surface area contributed by atoms with Crippen LogP contribution in [0.3, 0.4) is 0 Å². The molecule has 5 N–H and O–H groups in total. The normalized spacial score (nSPS) is 21.4. The average Bonchev–Trinajstić information content (AvgIpc) is 3.51. The maximum atomic E-state index is 13.2. The van der Waals surface area contributed by atoms with Gasteiger partial charge in [0.05, 0.1) is 6.04 Å². The number of rotatable bonds is 10. The summed E-state index contributed by atoms with van der Waals surface area (Å²) in [6.45, 7) is 0.567. The van der Waals surface area contributed by atoms with E-state index in [1.165, 1.54) is 9.80 Å². The highest BCUT2D eigenvalue weighted by Crippen LogP contribution is 2.22. The number of benzene rings is 1. The van der Waals surface area contributed by atoms with Gasteiger partial charge in [0.1, 0.15) is 18.1 Å². The Bertz CT molecular complexity index is 954. The fourth-order valence-electron chi connectivity index (χ4n) is 4.75. The topological polar surface area (TPSA) is 170 Å². The summed E-state index contributed by atoms with van der Waals surface area (Å²) in [6, 6.07) is 5.41. The van der Waals surface area contributed by atoms with Crippen molar-refractivity contribution in [3.63, 3.8) is 0 Å². The molecule has 1 aromatic carbocycles. The molecule has 0 aromatic heterocycles. The number of aliphatic carboxylic acids is 2. The Labute approximate surface area is 203 Å². The van der Waals surface area contributed by atoms with Crippen LogP contribution in [0, 0.1) is 0 Å². The van der Waals surface area contributed by atoms with E-state index in [1.54, 1.807) is 0 Å². The van der Waals surface area contributed by atoms with Gasteiger partial charge in [0.15, 0.2) is 0 Å². The van der Waals surface area contributed by atoms with E-state index < -0.39 is 47.9 Å². The van der Waals surface area contributed by atoms with Crippen LogP contribution in [0.15, 0.2) is 30.3 Å². The van der Waals surface area contributed by atoms with Gasteiger partial charge in [-0.2, -0.15) is 0 Å². The molecule has 2 saturated heterocycles. The number of carbonyl (C=O) groups is 5. The molecule has 3 amide bonds. The van der Waals surface area contributed by atoms with Gasteiger partial charge in [0, 0.05) is 19.5 Å². The minimum atomic E-state index is -1.20. The molecule has 0 radical (unpaired) electrons. The number of hydrogen-bond donors (Lipinski definition) is 4. The van der Waals surface area contributed by atoms with Gasteiger partial charge in [-0.3, -0.25) is 19.2 Å². The second-order valence-electron chi connectivity index (χ2n) is 9.01. The average molecular weight is 489 g/mol. The number of nitrogens with one attached hydrogen (secondary N) is 1. The lowest BCUT2D eigenvalue weighted by molar-refractivity contribution is -0.150. The maximum absolute atomic E-state index is 13.2. The molecule has 4 unspecified atom stereocenters. The van der Waals surface area contributed by atoms with Crippen molar-refractivity contribution in [3.8, 4) is 0 Å². The highest BCUT2D eigenvalue weighted by Gasteiger charge is 2.40. The molecule has 4 atom stereocenters. The molecule has 3 rings (SSSR count). The van der Waals surface area contributed by atoms with Crippen LogP contribution in [0.2, 0.25) is 0 Å². The summed E-state index contributed by atoms with van der Waals surface area (Å²) in [5, 5.41) is 21.1. The number of amides is 3. The monoisotopic (exact) mass is 488 g/mol. The maximum Gasteiger partial charge on any atom is 0.326 e. The molecule has 1 aromatic rings. The van der Waals surface area contributed by atoms with E-state index >= 15 is 0 Å². The number of hydrogen-bond acceptors (Lipinski definition) is 6. The van der Waals surface area contributed by atoms with E-state index in [0.29, 0.717) is 38.6 Å². The van der Waals surface area contributed by atoms with Crippen LogP contribution in [-0.2, 0) is 30.4 Å². The van der Waals surface area contributed by atoms with E-state index in [-0.39, 0.29) is 25.3 Å². The number of nitrogens with zero attached hydrogens (tertiary/aromatic N) is 2. The number of carboxylic acid groups (broad SMARTS) is 2. The predicted octanol–water partition coefficient (Wildman–Crippen LogP) is -0.0274. The van der Waals surface area contributed by atoms with Crippen molar-refractivity contribution in [3.05, 3.63) is 35.9 Å². The summed E-state index contributed by atoms with van der Waals surface area (Å²) in [4.78, 5) is 64.5. The Morgan fingerprint density at radius 1 is 0.943 bits per heavy atom. The largest absolute Gasteiger partial charge is 0.481 e. The molecule has 0 spiro atoms. The zero-order chi connectivity index (χ0) is 25.5. The molecule has 35 heavy (non-hydrogen) atoms. The lowest BCUT2D eigenvalue weighted by atomic mass is 10.0. The number of likely N-dealkylation sites (tertiary alicyclic amines) is 2. The van der Waals surface area contributed by atoms with E-state index in [1.807, 2.05) is 30.3 Å². The molecular weight excluding hydrogens is 456 g/mol. The van der Waals surface area contributed by atoms with Gasteiger partial charge >= 0.3 is 11.9 Å². The van der Waals surface area contributed by atoms with Crippen molar-refractivity contribution in [2.75, 3.05) is 13.1 Å². The summed E-state index contributed by atoms with van der Waals surface area (Å²) < 4.78 is 0. The highest BCUT2D eigenvalue weighted by molar-refractivity contribution is 5.94.